The molecule has 0 saturated carbocycles. The first-order chi connectivity index (χ1) is 13.1. The van der Waals surface area contributed by atoms with Crippen LogP contribution in [-0.2, 0) is 0 Å². The van der Waals surface area contributed by atoms with E-state index in [9.17, 15) is 0 Å². The third-order valence-corrected chi connectivity index (χ3v) is 4.67. The van der Waals surface area contributed by atoms with Gasteiger partial charge in [-0.25, -0.2) is 5.10 Å². The average Bonchev–Trinajstić information content (AvgIpc) is 3.06. The lowest BCUT2D eigenvalue weighted by Gasteiger charge is -2.09. The molecule has 3 aromatic rings. The van der Waals surface area contributed by atoms with E-state index in [4.69, 9.17) is 26.4 Å². The molecule has 0 radical (unpaired) electrons. The fourth-order valence-electron chi connectivity index (χ4n) is 2.45. The third-order valence-electron chi connectivity index (χ3n) is 3.79. The van der Waals surface area contributed by atoms with E-state index in [1.54, 1.807) is 38.3 Å². The number of nitrogens with one attached hydrogen (secondary N) is 1. The van der Waals surface area contributed by atoms with Crippen molar-refractivity contribution in [3.8, 4) is 28.6 Å². The highest BCUT2D eigenvalue weighted by Crippen LogP contribution is 2.31. The van der Waals surface area contributed by atoms with E-state index < -0.39 is 0 Å². The summed E-state index contributed by atoms with van der Waals surface area (Å²) in [6, 6.07) is 11.1. The van der Waals surface area contributed by atoms with E-state index >= 15 is 0 Å². The first-order valence-corrected chi connectivity index (χ1v) is 9.05. The predicted octanol–water partition coefficient (Wildman–Crippen LogP) is 4.28. The fraction of sp³-hybridized carbons (Fsp3) is 0.167. The zero-order chi connectivity index (χ0) is 19.4. The minimum atomic E-state index is 0.378. The fourth-order valence-corrected chi connectivity index (χ4v) is 3.19. The lowest BCUT2D eigenvalue weighted by atomic mass is 10.2. The average molecular weight is 449 g/mol. The van der Waals surface area contributed by atoms with Gasteiger partial charge < -0.3 is 14.2 Å². The smallest absolute Gasteiger partial charge is 0.216 e. The summed E-state index contributed by atoms with van der Waals surface area (Å²) >= 11 is 8.77. The number of aromatic amines is 1. The Kier molecular flexibility index (Phi) is 5.92. The number of methoxy groups -OCH3 is 3. The minimum absolute atomic E-state index is 0.378. The van der Waals surface area contributed by atoms with Crippen LogP contribution in [0.2, 0.25) is 0 Å². The molecular formula is C18H17BrN4O3S. The lowest BCUT2D eigenvalue weighted by molar-refractivity contribution is 0.355. The molecule has 0 atom stereocenters. The molecule has 3 rings (SSSR count). The lowest BCUT2D eigenvalue weighted by Crippen LogP contribution is -1.97. The maximum Gasteiger partial charge on any atom is 0.216 e. The molecule has 0 unspecified atom stereocenters. The van der Waals surface area contributed by atoms with Gasteiger partial charge in [-0.2, -0.15) is 14.9 Å². The molecule has 0 amide bonds. The Bertz CT molecular complexity index is 1050. The molecule has 7 nitrogen and oxygen atoms in total. The van der Waals surface area contributed by atoms with Gasteiger partial charge in [0.2, 0.25) is 4.77 Å². The Labute approximate surface area is 169 Å². The van der Waals surface area contributed by atoms with Crippen LogP contribution < -0.4 is 14.2 Å². The maximum atomic E-state index is 5.36. The van der Waals surface area contributed by atoms with E-state index in [2.05, 4.69) is 31.2 Å². The van der Waals surface area contributed by atoms with Crippen LogP contribution in [0.1, 0.15) is 5.56 Å². The summed E-state index contributed by atoms with van der Waals surface area (Å²) in [6.45, 7) is 0. The molecule has 0 aliphatic rings. The van der Waals surface area contributed by atoms with Gasteiger partial charge in [0.05, 0.1) is 32.0 Å². The van der Waals surface area contributed by atoms with Gasteiger partial charge in [0.25, 0.3) is 0 Å². The van der Waals surface area contributed by atoms with Crippen LogP contribution in [0.4, 0.5) is 0 Å². The molecule has 27 heavy (non-hydrogen) atoms. The Morgan fingerprint density at radius 2 is 1.74 bits per heavy atom. The second-order valence-corrected chi connectivity index (χ2v) is 6.61. The Balaban J connectivity index is 1.98. The number of hydrogen-bond donors (Lipinski definition) is 1. The SMILES string of the molecule is COc1ccc(C=Nn2c(-c3ccc(OC)c(OC)c3)n[nH]c2=S)cc1Br. The Morgan fingerprint density at radius 3 is 2.41 bits per heavy atom. The van der Waals surface area contributed by atoms with E-state index in [1.165, 1.54) is 0 Å². The van der Waals surface area contributed by atoms with Crippen LogP contribution in [-0.4, -0.2) is 42.4 Å². The highest BCUT2D eigenvalue weighted by Gasteiger charge is 2.12. The minimum Gasteiger partial charge on any atom is -0.496 e. The molecule has 0 saturated heterocycles. The number of hydrogen-bond acceptors (Lipinski definition) is 6. The van der Waals surface area contributed by atoms with E-state index in [1.807, 2.05) is 30.3 Å². The van der Waals surface area contributed by atoms with E-state index in [-0.39, 0.29) is 0 Å². The summed E-state index contributed by atoms with van der Waals surface area (Å²) in [6.07, 6.45) is 1.69. The van der Waals surface area contributed by atoms with Gasteiger partial charge in [0, 0.05) is 5.56 Å². The summed E-state index contributed by atoms with van der Waals surface area (Å²) < 4.78 is 18.6. The summed E-state index contributed by atoms with van der Waals surface area (Å²) in [5.74, 6) is 2.54. The number of nitrogens with zero attached hydrogens (tertiary/aromatic N) is 3. The molecule has 9 heteroatoms. The number of H-pyrrole nitrogens is 1. The zero-order valence-corrected chi connectivity index (χ0v) is 17.3. The summed E-state index contributed by atoms with van der Waals surface area (Å²) in [5.41, 5.74) is 1.66. The summed E-state index contributed by atoms with van der Waals surface area (Å²) in [7, 11) is 4.79. The molecule has 0 aliphatic carbocycles. The molecule has 0 fully saturated rings. The molecule has 140 valence electrons. The van der Waals surface area contributed by atoms with Gasteiger partial charge in [-0.1, -0.05) is 0 Å². The van der Waals surface area contributed by atoms with Crippen LogP contribution in [0.25, 0.3) is 11.4 Å². The van der Waals surface area contributed by atoms with Gasteiger partial charge in [-0.05, 0) is 70.1 Å². The zero-order valence-electron chi connectivity index (χ0n) is 14.9. The van der Waals surface area contributed by atoms with Crippen molar-refractivity contribution >= 4 is 34.4 Å². The molecule has 0 spiro atoms. The number of benzene rings is 2. The van der Waals surface area contributed by atoms with Crippen LogP contribution in [0.15, 0.2) is 46.0 Å². The van der Waals surface area contributed by atoms with Crippen LogP contribution in [0.3, 0.4) is 0 Å². The van der Waals surface area contributed by atoms with Gasteiger partial charge in [0.15, 0.2) is 17.3 Å². The second-order valence-electron chi connectivity index (χ2n) is 5.37. The highest BCUT2D eigenvalue weighted by atomic mass is 79.9. The number of halogens is 1. The van der Waals surface area contributed by atoms with Crippen molar-refractivity contribution in [3.63, 3.8) is 0 Å². The van der Waals surface area contributed by atoms with Gasteiger partial charge in [-0.15, -0.1) is 0 Å². The summed E-state index contributed by atoms with van der Waals surface area (Å²) in [4.78, 5) is 0. The van der Waals surface area contributed by atoms with Crippen molar-refractivity contribution in [2.24, 2.45) is 5.10 Å². The van der Waals surface area contributed by atoms with Crippen LogP contribution >= 0.6 is 28.1 Å². The molecule has 1 heterocycles. The van der Waals surface area contributed by atoms with Crippen molar-refractivity contribution in [1.29, 1.82) is 0 Å². The monoisotopic (exact) mass is 448 g/mol. The maximum absolute atomic E-state index is 5.36. The van der Waals surface area contributed by atoms with Crippen molar-refractivity contribution in [2.75, 3.05) is 21.3 Å². The first kappa shape index (κ1) is 19.1. The van der Waals surface area contributed by atoms with Gasteiger partial charge in [0.1, 0.15) is 5.75 Å². The topological polar surface area (TPSA) is 73.7 Å². The molecule has 1 aromatic heterocycles. The van der Waals surface area contributed by atoms with Crippen LogP contribution in [0, 0.1) is 4.77 Å². The Hall–Kier alpha value is -2.65. The largest absolute Gasteiger partial charge is 0.496 e. The number of rotatable bonds is 6. The molecule has 0 aliphatic heterocycles. The van der Waals surface area contributed by atoms with E-state index in [0.29, 0.717) is 22.1 Å². The molecular weight excluding hydrogens is 432 g/mol. The van der Waals surface area contributed by atoms with Gasteiger partial charge >= 0.3 is 0 Å². The Morgan fingerprint density at radius 1 is 1.04 bits per heavy atom. The normalized spacial score (nSPS) is 11.0. The van der Waals surface area contributed by atoms with E-state index in [0.717, 1.165) is 21.3 Å². The molecule has 0 bridgehead atoms. The summed E-state index contributed by atoms with van der Waals surface area (Å²) in [5, 5.41) is 11.5. The molecule has 2 aromatic carbocycles. The van der Waals surface area contributed by atoms with Crippen molar-refractivity contribution in [2.45, 2.75) is 0 Å². The predicted molar refractivity (Wildman–Crippen MR) is 110 cm³/mol. The first-order valence-electron chi connectivity index (χ1n) is 7.85. The van der Waals surface area contributed by atoms with Gasteiger partial charge in [-0.3, -0.25) is 0 Å². The number of ether oxygens (including phenoxy) is 3. The highest BCUT2D eigenvalue weighted by molar-refractivity contribution is 9.10. The van der Waals surface area contributed by atoms with Crippen molar-refractivity contribution in [3.05, 3.63) is 51.2 Å². The van der Waals surface area contributed by atoms with Crippen molar-refractivity contribution in [1.82, 2.24) is 14.9 Å². The third kappa shape index (κ3) is 4.04. The van der Waals surface area contributed by atoms with Crippen molar-refractivity contribution < 1.29 is 14.2 Å². The van der Waals surface area contributed by atoms with Crippen LogP contribution in [0.5, 0.6) is 17.2 Å². The molecule has 1 N–H and O–H groups in total. The second kappa shape index (κ2) is 8.36. The number of aromatic nitrogens is 3. The quantitative estimate of drug-likeness (QED) is 0.449. The standard InChI is InChI=1S/C18H17BrN4O3S/c1-24-14-6-4-11(8-13(14)19)10-20-23-17(21-22-18(23)27)12-5-7-15(25-2)16(9-12)26-3/h4-10H,1-3H3,(H,22,27).